The third-order valence-corrected chi connectivity index (χ3v) is 1.87. The standard InChI is InChI=1S/C11H21N5O/c1-11(2,3)15-9-8-13-16-10(14-9)12-6-5-7-17-4/h8H,5-7H2,1-4H3,(H2,12,14,15,16). The van der Waals surface area contributed by atoms with Crippen molar-refractivity contribution in [2.75, 3.05) is 30.9 Å². The molecule has 0 aliphatic carbocycles. The summed E-state index contributed by atoms with van der Waals surface area (Å²) >= 11 is 0. The van der Waals surface area contributed by atoms with E-state index in [0.717, 1.165) is 25.4 Å². The van der Waals surface area contributed by atoms with Gasteiger partial charge in [-0.3, -0.25) is 0 Å². The Morgan fingerprint density at radius 1 is 1.35 bits per heavy atom. The molecule has 17 heavy (non-hydrogen) atoms. The molecule has 0 aliphatic heterocycles. The number of hydrogen-bond acceptors (Lipinski definition) is 6. The van der Waals surface area contributed by atoms with Crippen LogP contribution in [0.1, 0.15) is 27.2 Å². The molecule has 0 spiro atoms. The van der Waals surface area contributed by atoms with E-state index in [9.17, 15) is 0 Å². The molecule has 1 aromatic heterocycles. The van der Waals surface area contributed by atoms with E-state index in [1.54, 1.807) is 13.3 Å². The minimum Gasteiger partial charge on any atom is -0.385 e. The van der Waals surface area contributed by atoms with Crippen molar-refractivity contribution in [2.45, 2.75) is 32.7 Å². The zero-order valence-corrected chi connectivity index (χ0v) is 10.9. The fourth-order valence-corrected chi connectivity index (χ4v) is 1.24. The lowest BCUT2D eigenvalue weighted by atomic mass is 10.1. The van der Waals surface area contributed by atoms with Gasteiger partial charge in [0.05, 0.1) is 6.20 Å². The average Bonchev–Trinajstić information content (AvgIpc) is 2.23. The molecule has 0 radical (unpaired) electrons. The van der Waals surface area contributed by atoms with E-state index >= 15 is 0 Å². The number of aromatic nitrogens is 3. The van der Waals surface area contributed by atoms with Crippen LogP contribution in [0, 0.1) is 0 Å². The summed E-state index contributed by atoms with van der Waals surface area (Å²) in [5, 5.41) is 14.2. The van der Waals surface area contributed by atoms with Crippen LogP contribution in [0.2, 0.25) is 0 Å². The van der Waals surface area contributed by atoms with E-state index in [2.05, 4.69) is 46.6 Å². The van der Waals surface area contributed by atoms with Crippen molar-refractivity contribution < 1.29 is 4.74 Å². The van der Waals surface area contributed by atoms with Crippen LogP contribution in [0.15, 0.2) is 6.20 Å². The van der Waals surface area contributed by atoms with Crippen molar-refractivity contribution in [3.63, 3.8) is 0 Å². The Bertz CT molecular complexity index is 337. The minimum absolute atomic E-state index is 0.0383. The van der Waals surface area contributed by atoms with Gasteiger partial charge in [0.25, 0.3) is 0 Å². The van der Waals surface area contributed by atoms with Crippen LogP contribution in [-0.4, -0.2) is 41.0 Å². The summed E-state index contributed by atoms with van der Waals surface area (Å²) in [6.45, 7) is 7.71. The number of anilines is 2. The molecule has 0 aliphatic rings. The second kappa shape index (κ2) is 6.34. The molecule has 0 saturated heterocycles. The predicted molar refractivity (Wildman–Crippen MR) is 68.2 cm³/mol. The molecule has 1 rings (SSSR count). The summed E-state index contributed by atoms with van der Waals surface area (Å²) in [5.74, 6) is 1.26. The van der Waals surface area contributed by atoms with Gasteiger partial charge < -0.3 is 15.4 Å². The maximum atomic E-state index is 4.96. The smallest absolute Gasteiger partial charge is 0.244 e. The SMILES string of the molecule is COCCCNc1nncc(NC(C)(C)C)n1. The Labute approximate surface area is 102 Å². The first-order chi connectivity index (χ1) is 8.01. The summed E-state index contributed by atoms with van der Waals surface area (Å²) < 4.78 is 4.96. The summed E-state index contributed by atoms with van der Waals surface area (Å²) in [4.78, 5) is 4.32. The summed E-state index contributed by atoms with van der Waals surface area (Å²) in [7, 11) is 1.69. The Kier molecular flexibility index (Phi) is 5.09. The Balaban J connectivity index is 2.48. The fraction of sp³-hybridized carbons (Fsp3) is 0.727. The van der Waals surface area contributed by atoms with Gasteiger partial charge in [-0.15, -0.1) is 5.10 Å². The molecule has 0 saturated carbocycles. The molecule has 0 fully saturated rings. The Hall–Kier alpha value is -1.43. The normalized spacial score (nSPS) is 11.3. The topological polar surface area (TPSA) is 72.0 Å². The summed E-state index contributed by atoms with van der Waals surface area (Å²) in [5.41, 5.74) is -0.0383. The molecule has 6 heteroatoms. The van der Waals surface area contributed by atoms with Crippen LogP contribution in [-0.2, 0) is 4.74 Å². The highest BCUT2D eigenvalue weighted by molar-refractivity contribution is 5.38. The van der Waals surface area contributed by atoms with Crippen molar-refractivity contribution in [1.82, 2.24) is 15.2 Å². The summed E-state index contributed by atoms with van der Waals surface area (Å²) in [6.07, 6.45) is 2.53. The summed E-state index contributed by atoms with van der Waals surface area (Å²) in [6, 6.07) is 0. The van der Waals surface area contributed by atoms with Crippen LogP contribution >= 0.6 is 0 Å². The molecule has 0 unspecified atom stereocenters. The van der Waals surface area contributed by atoms with Gasteiger partial charge in [0.1, 0.15) is 0 Å². The minimum atomic E-state index is -0.0383. The van der Waals surface area contributed by atoms with E-state index in [0.29, 0.717) is 5.95 Å². The largest absolute Gasteiger partial charge is 0.385 e. The van der Waals surface area contributed by atoms with Crippen LogP contribution in [0.5, 0.6) is 0 Å². The molecule has 0 aromatic carbocycles. The monoisotopic (exact) mass is 239 g/mol. The van der Waals surface area contributed by atoms with Gasteiger partial charge in [0.15, 0.2) is 5.82 Å². The van der Waals surface area contributed by atoms with Crippen molar-refractivity contribution in [1.29, 1.82) is 0 Å². The predicted octanol–water partition coefficient (Wildman–Crippen LogP) is 1.53. The second-order valence-electron chi connectivity index (χ2n) is 4.81. The highest BCUT2D eigenvalue weighted by atomic mass is 16.5. The van der Waals surface area contributed by atoms with Crippen LogP contribution < -0.4 is 10.6 Å². The molecule has 1 aromatic rings. The van der Waals surface area contributed by atoms with Crippen molar-refractivity contribution in [3.8, 4) is 0 Å². The van der Waals surface area contributed by atoms with E-state index in [1.165, 1.54) is 0 Å². The second-order valence-corrected chi connectivity index (χ2v) is 4.81. The third kappa shape index (κ3) is 6.01. The zero-order valence-electron chi connectivity index (χ0n) is 10.9. The highest BCUT2D eigenvalue weighted by Gasteiger charge is 2.10. The van der Waals surface area contributed by atoms with Gasteiger partial charge in [-0.05, 0) is 27.2 Å². The number of rotatable bonds is 6. The first-order valence-electron chi connectivity index (χ1n) is 5.72. The molecule has 6 nitrogen and oxygen atoms in total. The van der Waals surface area contributed by atoms with E-state index < -0.39 is 0 Å². The highest BCUT2D eigenvalue weighted by Crippen LogP contribution is 2.11. The number of methoxy groups -OCH3 is 1. The van der Waals surface area contributed by atoms with Crippen LogP contribution in [0.4, 0.5) is 11.8 Å². The van der Waals surface area contributed by atoms with Gasteiger partial charge in [-0.1, -0.05) is 0 Å². The molecule has 0 amide bonds. The fourth-order valence-electron chi connectivity index (χ4n) is 1.24. The average molecular weight is 239 g/mol. The Morgan fingerprint density at radius 2 is 2.12 bits per heavy atom. The third-order valence-electron chi connectivity index (χ3n) is 1.87. The zero-order chi connectivity index (χ0) is 12.7. The number of hydrogen-bond donors (Lipinski definition) is 2. The van der Waals surface area contributed by atoms with Crippen LogP contribution in [0.3, 0.4) is 0 Å². The van der Waals surface area contributed by atoms with Crippen LogP contribution in [0.25, 0.3) is 0 Å². The maximum absolute atomic E-state index is 4.96. The van der Waals surface area contributed by atoms with Gasteiger partial charge in [0.2, 0.25) is 5.95 Å². The molecule has 1 heterocycles. The molecule has 2 N–H and O–H groups in total. The first-order valence-corrected chi connectivity index (χ1v) is 5.72. The quantitative estimate of drug-likeness (QED) is 0.733. The molecule has 0 bridgehead atoms. The molecular weight excluding hydrogens is 218 g/mol. The lowest BCUT2D eigenvalue weighted by Gasteiger charge is -2.20. The number of nitrogens with one attached hydrogen (secondary N) is 2. The van der Waals surface area contributed by atoms with Gasteiger partial charge in [-0.2, -0.15) is 10.1 Å². The molecular formula is C11H21N5O. The van der Waals surface area contributed by atoms with Gasteiger partial charge >= 0.3 is 0 Å². The van der Waals surface area contributed by atoms with E-state index in [-0.39, 0.29) is 5.54 Å². The molecule has 0 atom stereocenters. The van der Waals surface area contributed by atoms with Crippen molar-refractivity contribution in [3.05, 3.63) is 6.20 Å². The first kappa shape index (κ1) is 13.6. The van der Waals surface area contributed by atoms with Gasteiger partial charge in [0, 0.05) is 25.8 Å². The van der Waals surface area contributed by atoms with E-state index in [1.807, 2.05) is 0 Å². The van der Waals surface area contributed by atoms with Crippen molar-refractivity contribution >= 4 is 11.8 Å². The Morgan fingerprint density at radius 3 is 2.76 bits per heavy atom. The maximum Gasteiger partial charge on any atom is 0.244 e. The van der Waals surface area contributed by atoms with Gasteiger partial charge in [-0.25, -0.2) is 0 Å². The molecule has 96 valence electrons. The van der Waals surface area contributed by atoms with E-state index in [4.69, 9.17) is 4.74 Å². The number of nitrogens with zero attached hydrogens (tertiary/aromatic N) is 3. The number of ether oxygens (including phenoxy) is 1. The lowest BCUT2D eigenvalue weighted by molar-refractivity contribution is 0.197. The lowest BCUT2D eigenvalue weighted by Crippen LogP contribution is -2.27. The van der Waals surface area contributed by atoms with Crippen molar-refractivity contribution in [2.24, 2.45) is 0 Å².